The summed E-state index contributed by atoms with van der Waals surface area (Å²) in [5.41, 5.74) is 0.756. The Balaban J connectivity index is 1.63. The number of hydrogen-bond donors (Lipinski definition) is 0. The summed E-state index contributed by atoms with van der Waals surface area (Å²) in [7, 11) is 3.44. The molecule has 134 valence electrons. The van der Waals surface area contributed by atoms with Crippen molar-refractivity contribution in [1.29, 1.82) is 0 Å². The minimum Gasteiger partial charge on any atom is -0.497 e. The highest BCUT2D eigenvalue weighted by molar-refractivity contribution is 5.79. The molecule has 0 radical (unpaired) electrons. The van der Waals surface area contributed by atoms with Gasteiger partial charge in [-0.15, -0.1) is 0 Å². The number of aromatic nitrogens is 2. The molecule has 0 bridgehead atoms. The quantitative estimate of drug-likeness (QED) is 0.847. The Kier molecular flexibility index (Phi) is 4.48. The molecule has 25 heavy (non-hydrogen) atoms. The predicted molar refractivity (Wildman–Crippen MR) is 96.3 cm³/mol. The molecular weight excluding hydrogens is 318 g/mol. The van der Waals surface area contributed by atoms with Crippen LogP contribution in [0.25, 0.3) is 10.9 Å². The van der Waals surface area contributed by atoms with E-state index in [2.05, 4.69) is 4.90 Å². The summed E-state index contributed by atoms with van der Waals surface area (Å²) in [5.74, 6) is 2.56. The van der Waals surface area contributed by atoms with Crippen molar-refractivity contribution in [1.82, 2.24) is 14.5 Å². The molecule has 2 aliphatic rings. The third-order valence-electron chi connectivity index (χ3n) is 5.41. The van der Waals surface area contributed by atoms with Crippen molar-refractivity contribution < 1.29 is 9.47 Å². The molecule has 0 unspecified atom stereocenters. The molecule has 6 nitrogen and oxygen atoms in total. The van der Waals surface area contributed by atoms with Crippen LogP contribution in [0, 0.1) is 5.92 Å². The molecule has 1 aromatic heterocycles. The maximum Gasteiger partial charge on any atom is 0.261 e. The van der Waals surface area contributed by atoms with Crippen LogP contribution in [-0.4, -0.2) is 54.4 Å². The highest BCUT2D eigenvalue weighted by Gasteiger charge is 2.28. The average molecular weight is 343 g/mol. The first kappa shape index (κ1) is 16.5. The SMILES string of the molecule is COc1ccc2nc([C@@H]3CCCN(CC4COC4)C3)n(C)c(=O)c2c1. The van der Waals surface area contributed by atoms with Crippen molar-refractivity contribution in [3.63, 3.8) is 0 Å². The molecule has 3 heterocycles. The maximum atomic E-state index is 12.8. The molecule has 0 amide bonds. The topological polar surface area (TPSA) is 56.6 Å². The smallest absolute Gasteiger partial charge is 0.261 e. The highest BCUT2D eigenvalue weighted by atomic mass is 16.5. The predicted octanol–water partition coefficient (Wildman–Crippen LogP) is 1.77. The van der Waals surface area contributed by atoms with E-state index in [0.29, 0.717) is 23.0 Å². The molecule has 6 heteroatoms. The van der Waals surface area contributed by atoms with Crippen molar-refractivity contribution in [2.45, 2.75) is 18.8 Å². The van der Waals surface area contributed by atoms with Crippen LogP contribution < -0.4 is 10.3 Å². The average Bonchev–Trinajstić information content (AvgIpc) is 2.61. The third-order valence-corrected chi connectivity index (χ3v) is 5.41. The monoisotopic (exact) mass is 343 g/mol. The maximum absolute atomic E-state index is 12.8. The first-order valence-corrected chi connectivity index (χ1v) is 9.00. The van der Waals surface area contributed by atoms with E-state index in [1.807, 2.05) is 19.2 Å². The van der Waals surface area contributed by atoms with Gasteiger partial charge in [0.1, 0.15) is 11.6 Å². The Labute approximate surface area is 147 Å². The van der Waals surface area contributed by atoms with E-state index in [-0.39, 0.29) is 5.56 Å². The number of rotatable bonds is 4. The minimum atomic E-state index is 0.00316. The number of methoxy groups -OCH3 is 1. The van der Waals surface area contributed by atoms with Crippen LogP contribution in [0.15, 0.2) is 23.0 Å². The molecule has 0 spiro atoms. The summed E-state index contributed by atoms with van der Waals surface area (Å²) < 4.78 is 12.3. The molecule has 0 aliphatic carbocycles. The zero-order chi connectivity index (χ0) is 17.4. The standard InChI is InChI=1S/C19H25N3O3/c1-21-18(14-4-3-7-22(10-14)9-13-11-25-12-13)20-17-6-5-15(24-2)8-16(17)19(21)23/h5-6,8,13-14H,3-4,7,9-12H2,1-2H3/t14-/m1/s1. The Morgan fingerprint density at radius 1 is 1.36 bits per heavy atom. The number of fused-ring (bicyclic) bond motifs is 1. The highest BCUT2D eigenvalue weighted by Crippen LogP contribution is 2.27. The van der Waals surface area contributed by atoms with Crippen LogP contribution >= 0.6 is 0 Å². The van der Waals surface area contributed by atoms with Crippen molar-refractivity contribution in [3.05, 3.63) is 34.4 Å². The number of hydrogen-bond acceptors (Lipinski definition) is 5. The fourth-order valence-corrected chi connectivity index (χ4v) is 3.95. The molecule has 2 fully saturated rings. The number of benzene rings is 1. The van der Waals surface area contributed by atoms with Gasteiger partial charge in [-0.2, -0.15) is 0 Å². The van der Waals surface area contributed by atoms with Gasteiger partial charge in [-0.25, -0.2) is 4.98 Å². The lowest BCUT2D eigenvalue weighted by Crippen LogP contribution is -2.44. The molecule has 1 aromatic carbocycles. The zero-order valence-electron chi connectivity index (χ0n) is 14.9. The minimum absolute atomic E-state index is 0.00316. The van der Waals surface area contributed by atoms with E-state index < -0.39 is 0 Å². The molecule has 1 atom stereocenters. The van der Waals surface area contributed by atoms with Crippen molar-refractivity contribution >= 4 is 10.9 Å². The summed E-state index contributed by atoms with van der Waals surface area (Å²) in [5, 5.41) is 0.616. The van der Waals surface area contributed by atoms with Gasteiger partial charge in [0, 0.05) is 32.0 Å². The lowest BCUT2D eigenvalue weighted by molar-refractivity contribution is -0.0492. The summed E-state index contributed by atoms with van der Waals surface area (Å²) >= 11 is 0. The van der Waals surface area contributed by atoms with E-state index in [0.717, 1.165) is 57.0 Å². The second kappa shape index (κ2) is 6.77. The zero-order valence-corrected chi connectivity index (χ0v) is 14.9. The Morgan fingerprint density at radius 2 is 2.20 bits per heavy atom. The summed E-state index contributed by atoms with van der Waals surface area (Å²) in [4.78, 5) is 20.2. The Hall–Kier alpha value is -1.92. The molecular formula is C19H25N3O3. The van der Waals surface area contributed by atoms with Gasteiger partial charge >= 0.3 is 0 Å². The normalized spacial score (nSPS) is 22.1. The number of nitrogens with zero attached hydrogens (tertiary/aromatic N) is 3. The number of likely N-dealkylation sites (tertiary alicyclic amines) is 1. The third kappa shape index (κ3) is 3.16. The van der Waals surface area contributed by atoms with E-state index in [9.17, 15) is 4.79 Å². The van der Waals surface area contributed by atoms with Crippen LogP contribution in [0.5, 0.6) is 5.75 Å². The van der Waals surface area contributed by atoms with Crippen LogP contribution in [0.4, 0.5) is 0 Å². The van der Waals surface area contributed by atoms with Gasteiger partial charge in [-0.3, -0.25) is 9.36 Å². The van der Waals surface area contributed by atoms with Crippen LogP contribution in [0.3, 0.4) is 0 Å². The molecule has 4 rings (SSSR count). The second-order valence-electron chi connectivity index (χ2n) is 7.22. The van der Waals surface area contributed by atoms with Crippen molar-refractivity contribution in [2.75, 3.05) is 40.0 Å². The number of ether oxygens (including phenoxy) is 2. The van der Waals surface area contributed by atoms with Gasteiger partial charge in [0.05, 0.1) is 31.2 Å². The molecule has 0 N–H and O–H groups in total. The Morgan fingerprint density at radius 3 is 2.92 bits per heavy atom. The molecule has 2 aromatic rings. The van der Waals surface area contributed by atoms with Crippen LogP contribution in [0.2, 0.25) is 0 Å². The van der Waals surface area contributed by atoms with E-state index in [1.54, 1.807) is 17.7 Å². The van der Waals surface area contributed by atoms with Crippen molar-refractivity contribution in [2.24, 2.45) is 13.0 Å². The largest absolute Gasteiger partial charge is 0.497 e. The first-order valence-electron chi connectivity index (χ1n) is 9.00. The fourth-order valence-electron chi connectivity index (χ4n) is 3.95. The van der Waals surface area contributed by atoms with Crippen LogP contribution in [0.1, 0.15) is 24.6 Å². The van der Waals surface area contributed by atoms with Gasteiger partial charge in [0.2, 0.25) is 0 Å². The summed E-state index contributed by atoms with van der Waals surface area (Å²) in [6.45, 7) is 4.96. The van der Waals surface area contributed by atoms with Crippen LogP contribution in [-0.2, 0) is 11.8 Å². The first-order chi connectivity index (χ1) is 12.2. The fraction of sp³-hybridized carbons (Fsp3) is 0.579. The van der Waals surface area contributed by atoms with Gasteiger partial charge in [-0.1, -0.05) is 0 Å². The number of piperidine rings is 1. The summed E-state index contributed by atoms with van der Waals surface area (Å²) in [6.07, 6.45) is 2.23. The van der Waals surface area contributed by atoms with E-state index in [1.165, 1.54) is 0 Å². The molecule has 0 saturated carbocycles. The van der Waals surface area contributed by atoms with Crippen molar-refractivity contribution in [3.8, 4) is 5.75 Å². The lowest BCUT2D eigenvalue weighted by Gasteiger charge is -2.37. The Bertz CT molecular complexity index is 829. The lowest BCUT2D eigenvalue weighted by atomic mass is 9.95. The second-order valence-corrected chi connectivity index (χ2v) is 7.22. The molecule has 2 saturated heterocycles. The summed E-state index contributed by atoms with van der Waals surface area (Å²) in [6, 6.07) is 5.52. The van der Waals surface area contributed by atoms with E-state index >= 15 is 0 Å². The van der Waals surface area contributed by atoms with E-state index in [4.69, 9.17) is 14.5 Å². The molecule has 2 aliphatic heterocycles. The van der Waals surface area contributed by atoms with Gasteiger partial charge < -0.3 is 14.4 Å². The van der Waals surface area contributed by atoms with Gasteiger partial charge in [0.15, 0.2) is 0 Å². The van der Waals surface area contributed by atoms with Gasteiger partial charge in [0.25, 0.3) is 5.56 Å². The van der Waals surface area contributed by atoms with Gasteiger partial charge in [-0.05, 0) is 37.6 Å².